The average Bonchev–Trinajstić information content (AvgIpc) is 3.22. The first-order valence-electron chi connectivity index (χ1n) is 11.1. The summed E-state index contributed by atoms with van der Waals surface area (Å²) in [6.07, 6.45) is 6.10. The number of nitrogen functional groups attached to an aromatic ring is 1. The van der Waals surface area contributed by atoms with Gasteiger partial charge >= 0.3 is 0 Å². The van der Waals surface area contributed by atoms with Crippen LogP contribution in [0, 0.1) is 11.2 Å². The van der Waals surface area contributed by atoms with E-state index in [-0.39, 0.29) is 21.8 Å². The molecule has 0 aliphatic carbocycles. The molecule has 0 unspecified atom stereocenters. The molecule has 4 N–H and O–H groups in total. The summed E-state index contributed by atoms with van der Waals surface area (Å²) >= 11 is 6.13. The SMILES string of the molecule is Cn1ncc(-c2nccc(N)n2)c1OCC(C)(C)CNc1cc(Cl)ncc1-c1nccc(CO)c1F. The summed E-state index contributed by atoms with van der Waals surface area (Å²) in [6.45, 7) is 4.35. The van der Waals surface area contributed by atoms with Crippen LogP contribution in [0.5, 0.6) is 5.88 Å². The van der Waals surface area contributed by atoms with E-state index in [0.717, 1.165) is 0 Å². The second kappa shape index (κ2) is 10.4. The Kier molecular flexibility index (Phi) is 7.32. The van der Waals surface area contributed by atoms with Crippen molar-refractivity contribution in [2.24, 2.45) is 12.5 Å². The number of pyridine rings is 2. The Hall–Kier alpha value is -3.83. The summed E-state index contributed by atoms with van der Waals surface area (Å²) in [5.41, 5.74) is 7.24. The van der Waals surface area contributed by atoms with Crippen LogP contribution in [0.4, 0.5) is 15.9 Å². The monoisotopic (exact) mass is 512 g/mol. The highest BCUT2D eigenvalue weighted by molar-refractivity contribution is 6.29. The van der Waals surface area contributed by atoms with Gasteiger partial charge in [-0.15, -0.1) is 0 Å². The highest BCUT2D eigenvalue weighted by Gasteiger charge is 2.24. The number of nitrogens with two attached hydrogens (primary N) is 1. The van der Waals surface area contributed by atoms with E-state index >= 15 is 0 Å². The number of nitrogens with zero attached hydrogens (tertiary/aromatic N) is 6. The van der Waals surface area contributed by atoms with E-state index in [1.165, 1.54) is 18.5 Å². The predicted octanol–water partition coefficient (Wildman–Crippen LogP) is 3.72. The number of aromatic nitrogens is 6. The number of nitrogens with one attached hydrogen (secondary N) is 1. The van der Waals surface area contributed by atoms with Crippen LogP contribution >= 0.6 is 11.6 Å². The van der Waals surface area contributed by atoms with Crippen LogP contribution in [0.2, 0.25) is 5.15 Å². The van der Waals surface area contributed by atoms with Gasteiger partial charge in [0.05, 0.1) is 19.4 Å². The lowest BCUT2D eigenvalue weighted by atomic mass is 9.94. The number of aliphatic hydroxyl groups excluding tert-OH is 1. The van der Waals surface area contributed by atoms with Crippen molar-refractivity contribution in [3.05, 3.63) is 59.5 Å². The molecule has 0 aliphatic heterocycles. The number of ether oxygens (including phenoxy) is 1. The number of aryl methyl sites for hydroxylation is 1. The standard InChI is InChI=1S/C24H26ClFN8O2/c1-24(2,13-36-23-16(10-32-34(23)3)22-29-7-5-19(27)33-22)12-31-17-8-18(25)30-9-15(17)21-20(26)14(11-35)4-6-28-21/h4-10,35H,11-13H2,1-3H3,(H,30,31)(H2,27,29,33). The molecule has 0 saturated heterocycles. The molecule has 0 atom stereocenters. The van der Waals surface area contributed by atoms with Crippen molar-refractivity contribution < 1.29 is 14.2 Å². The van der Waals surface area contributed by atoms with Crippen LogP contribution in [0.3, 0.4) is 0 Å². The second-order valence-electron chi connectivity index (χ2n) is 8.94. The maximum Gasteiger partial charge on any atom is 0.222 e. The molecule has 36 heavy (non-hydrogen) atoms. The van der Waals surface area contributed by atoms with Gasteiger partial charge in [0.1, 0.15) is 22.2 Å². The van der Waals surface area contributed by atoms with Crippen molar-refractivity contribution in [1.29, 1.82) is 0 Å². The molecule has 4 rings (SSSR count). The summed E-state index contributed by atoms with van der Waals surface area (Å²) in [5.74, 6) is 0.669. The Balaban J connectivity index is 1.52. The molecule has 4 aromatic rings. The average molecular weight is 513 g/mol. The fraction of sp³-hybridized carbons (Fsp3) is 0.292. The summed E-state index contributed by atoms with van der Waals surface area (Å²) < 4.78 is 22.6. The summed E-state index contributed by atoms with van der Waals surface area (Å²) in [6, 6.07) is 4.64. The van der Waals surface area contributed by atoms with E-state index in [4.69, 9.17) is 22.1 Å². The molecule has 0 radical (unpaired) electrons. The second-order valence-corrected chi connectivity index (χ2v) is 9.33. The molecule has 0 aromatic carbocycles. The molecule has 12 heteroatoms. The summed E-state index contributed by atoms with van der Waals surface area (Å²) in [4.78, 5) is 16.8. The third-order valence-electron chi connectivity index (χ3n) is 5.42. The fourth-order valence-corrected chi connectivity index (χ4v) is 3.62. The normalized spacial score (nSPS) is 11.5. The van der Waals surface area contributed by atoms with Crippen molar-refractivity contribution in [3.63, 3.8) is 0 Å². The summed E-state index contributed by atoms with van der Waals surface area (Å²) in [7, 11) is 1.77. The maximum atomic E-state index is 14.9. The zero-order valence-electron chi connectivity index (χ0n) is 20.0. The van der Waals surface area contributed by atoms with Gasteiger partial charge < -0.3 is 20.9 Å². The zero-order valence-corrected chi connectivity index (χ0v) is 20.8. The molecule has 0 amide bonds. The minimum absolute atomic E-state index is 0.0731. The van der Waals surface area contributed by atoms with E-state index in [9.17, 15) is 9.50 Å². The lowest BCUT2D eigenvalue weighted by Gasteiger charge is -2.26. The molecular weight excluding hydrogens is 487 g/mol. The quantitative estimate of drug-likeness (QED) is 0.286. The molecule has 4 heterocycles. The van der Waals surface area contributed by atoms with Gasteiger partial charge in [-0.3, -0.25) is 4.98 Å². The molecule has 0 bridgehead atoms. The minimum atomic E-state index is -0.609. The van der Waals surface area contributed by atoms with Crippen LogP contribution < -0.4 is 15.8 Å². The van der Waals surface area contributed by atoms with Crippen LogP contribution in [-0.2, 0) is 13.7 Å². The van der Waals surface area contributed by atoms with Gasteiger partial charge in [0.2, 0.25) is 5.88 Å². The molecule has 10 nitrogen and oxygen atoms in total. The number of halogens is 2. The maximum absolute atomic E-state index is 14.9. The number of hydrogen-bond donors (Lipinski definition) is 3. The van der Waals surface area contributed by atoms with Gasteiger partial charge in [0.15, 0.2) is 11.6 Å². The van der Waals surface area contributed by atoms with E-state index in [2.05, 4.69) is 30.4 Å². The Labute approximate surface area is 212 Å². The molecular formula is C24H26ClFN8O2. The molecule has 0 fully saturated rings. The highest BCUT2D eigenvalue weighted by atomic mass is 35.5. The number of hydrogen-bond acceptors (Lipinski definition) is 9. The molecule has 188 valence electrons. The lowest BCUT2D eigenvalue weighted by Crippen LogP contribution is -2.30. The number of aliphatic hydroxyl groups is 1. The Morgan fingerprint density at radius 1 is 1.17 bits per heavy atom. The van der Waals surface area contributed by atoms with Gasteiger partial charge in [-0.25, -0.2) is 24.0 Å². The van der Waals surface area contributed by atoms with Gasteiger partial charge in [-0.1, -0.05) is 25.4 Å². The van der Waals surface area contributed by atoms with E-state index < -0.39 is 12.4 Å². The number of rotatable bonds is 9. The topological polar surface area (TPSA) is 137 Å². The predicted molar refractivity (Wildman–Crippen MR) is 135 cm³/mol. The van der Waals surface area contributed by atoms with Crippen LogP contribution in [0.15, 0.2) is 43.0 Å². The van der Waals surface area contributed by atoms with Gasteiger partial charge in [0.25, 0.3) is 0 Å². The van der Waals surface area contributed by atoms with Gasteiger partial charge in [-0.05, 0) is 18.2 Å². The van der Waals surface area contributed by atoms with E-state index in [1.807, 2.05) is 13.8 Å². The minimum Gasteiger partial charge on any atom is -0.477 e. The van der Waals surface area contributed by atoms with Crippen molar-refractivity contribution in [3.8, 4) is 28.5 Å². The number of anilines is 2. The third-order valence-corrected chi connectivity index (χ3v) is 5.63. The smallest absolute Gasteiger partial charge is 0.222 e. The van der Waals surface area contributed by atoms with E-state index in [0.29, 0.717) is 47.5 Å². The van der Waals surface area contributed by atoms with Crippen molar-refractivity contribution >= 4 is 23.1 Å². The fourth-order valence-electron chi connectivity index (χ4n) is 3.46. The molecule has 0 aliphatic rings. The van der Waals surface area contributed by atoms with Gasteiger partial charge in [-0.2, -0.15) is 5.10 Å². The molecule has 0 saturated carbocycles. The Bertz CT molecular complexity index is 1380. The molecule has 4 aromatic heterocycles. The Morgan fingerprint density at radius 2 is 1.94 bits per heavy atom. The van der Waals surface area contributed by atoms with Crippen LogP contribution in [0.25, 0.3) is 22.6 Å². The van der Waals surface area contributed by atoms with Crippen molar-refractivity contribution in [2.45, 2.75) is 20.5 Å². The summed E-state index contributed by atoms with van der Waals surface area (Å²) in [5, 5.41) is 17.3. The lowest BCUT2D eigenvalue weighted by molar-refractivity contribution is 0.179. The first kappa shape index (κ1) is 25.3. The van der Waals surface area contributed by atoms with Crippen LogP contribution in [-0.4, -0.2) is 48.0 Å². The van der Waals surface area contributed by atoms with Crippen molar-refractivity contribution in [2.75, 3.05) is 24.2 Å². The Morgan fingerprint density at radius 3 is 2.69 bits per heavy atom. The van der Waals surface area contributed by atoms with Crippen LogP contribution in [0.1, 0.15) is 19.4 Å². The van der Waals surface area contributed by atoms with Crippen molar-refractivity contribution in [1.82, 2.24) is 29.7 Å². The molecule has 0 spiro atoms. The first-order valence-corrected chi connectivity index (χ1v) is 11.4. The van der Waals surface area contributed by atoms with Gasteiger partial charge in [0, 0.05) is 54.4 Å². The third kappa shape index (κ3) is 5.52. The zero-order chi connectivity index (χ0) is 25.9. The first-order chi connectivity index (χ1) is 17.2. The van der Waals surface area contributed by atoms with E-state index in [1.54, 1.807) is 36.3 Å². The largest absolute Gasteiger partial charge is 0.477 e. The highest BCUT2D eigenvalue weighted by Crippen LogP contribution is 2.33.